The maximum atomic E-state index is 10.3. The average molecular weight is 354 g/mol. The van der Waals surface area contributed by atoms with E-state index in [9.17, 15) is 5.11 Å². The van der Waals surface area contributed by atoms with Gasteiger partial charge in [-0.05, 0) is 43.6 Å². The molecule has 0 aliphatic heterocycles. The van der Waals surface area contributed by atoms with Crippen LogP contribution in [0.15, 0.2) is 17.6 Å². The van der Waals surface area contributed by atoms with Crippen molar-refractivity contribution in [3.63, 3.8) is 0 Å². The Bertz CT molecular complexity index is 936. The number of aromatic nitrogens is 3. The average Bonchev–Trinajstić information content (AvgIpc) is 3.23. The van der Waals surface area contributed by atoms with Gasteiger partial charge in [0.25, 0.3) is 0 Å². The summed E-state index contributed by atoms with van der Waals surface area (Å²) in [7, 11) is 0. The normalized spacial score (nSPS) is 22.3. The Morgan fingerprint density at radius 1 is 1.44 bits per heavy atom. The Balaban J connectivity index is 1.83. The van der Waals surface area contributed by atoms with Gasteiger partial charge in [-0.1, -0.05) is 12.8 Å². The van der Waals surface area contributed by atoms with Crippen LogP contribution in [0.5, 0.6) is 0 Å². The first-order valence-corrected chi connectivity index (χ1v) is 9.86. The fourth-order valence-electron chi connectivity index (χ4n) is 4.19. The fourth-order valence-corrected chi connectivity index (χ4v) is 5.08. The molecule has 6 heteroatoms. The van der Waals surface area contributed by atoms with E-state index in [4.69, 9.17) is 10.2 Å². The van der Waals surface area contributed by atoms with Crippen LogP contribution in [0.2, 0.25) is 0 Å². The van der Waals surface area contributed by atoms with E-state index in [1.54, 1.807) is 18.3 Å². The monoisotopic (exact) mass is 354 g/mol. The summed E-state index contributed by atoms with van der Waals surface area (Å²) in [5.41, 5.74) is 2.97. The van der Waals surface area contributed by atoms with E-state index in [1.165, 1.54) is 12.8 Å². The highest BCUT2D eigenvalue weighted by molar-refractivity contribution is 7.18. The van der Waals surface area contributed by atoms with E-state index in [0.717, 1.165) is 46.3 Å². The Kier molecular flexibility index (Phi) is 4.45. The molecule has 0 spiro atoms. The first-order valence-electron chi connectivity index (χ1n) is 8.98. The van der Waals surface area contributed by atoms with Gasteiger partial charge in [-0.25, -0.2) is 4.98 Å². The second-order valence-electron chi connectivity index (χ2n) is 7.03. The van der Waals surface area contributed by atoms with Crippen LogP contribution in [-0.4, -0.2) is 19.6 Å². The summed E-state index contributed by atoms with van der Waals surface area (Å²) >= 11 is 1.69. The summed E-state index contributed by atoms with van der Waals surface area (Å²) in [6.45, 7) is 1.78. The lowest BCUT2D eigenvalue weighted by Gasteiger charge is -2.31. The highest BCUT2D eigenvalue weighted by Crippen LogP contribution is 2.40. The molecule has 0 radical (unpaired) electrons. The molecule has 3 heterocycles. The zero-order valence-corrected chi connectivity index (χ0v) is 15.2. The smallest absolute Gasteiger partial charge is 0.138 e. The maximum Gasteiger partial charge on any atom is 0.138 e. The highest BCUT2D eigenvalue weighted by Gasteiger charge is 2.28. The van der Waals surface area contributed by atoms with E-state index in [0.29, 0.717) is 18.4 Å². The van der Waals surface area contributed by atoms with Gasteiger partial charge in [0.15, 0.2) is 0 Å². The van der Waals surface area contributed by atoms with Crippen molar-refractivity contribution in [2.75, 3.05) is 0 Å². The molecule has 1 saturated carbocycles. The lowest BCUT2D eigenvalue weighted by molar-refractivity contribution is 0.173. The van der Waals surface area contributed by atoms with E-state index >= 15 is 0 Å². The zero-order valence-electron chi connectivity index (χ0n) is 14.4. The minimum atomic E-state index is -0.609. The molecule has 1 N–H and O–H groups in total. The molecule has 130 valence electrons. The number of fused-ring (bicyclic) bond motifs is 3. The molecule has 1 fully saturated rings. The molecule has 4 rings (SSSR count). The minimum Gasteiger partial charge on any atom is -0.385 e. The molecule has 0 amide bonds. The van der Waals surface area contributed by atoms with Crippen molar-refractivity contribution < 1.29 is 5.11 Å². The largest absolute Gasteiger partial charge is 0.385 e. The predicted octanol–water partition coefficient (Wildman–Crippen LogP) is 4.73. The van der Waals surface area contributed by atoms with Gasteiger partial charge in [0.05, 0.1) is 28.0 Å². The number of aliphatic hydroxyl groups is 1. The summed E-state index contributed by atoms with van der Waals surface area (Å²) in [6.07, 6.45) is 7.34. The fraction of sp³-hybridized carbons (Fsp3) is 0.526. The number of aliphatic hydroxyl groups excluding tert-OH is 1. The van der Waals surface area contributed by atoms with E-state index < -0.39 is 6.10 Å². The number of pyridine rings is 1. The molecule has 25 heavy (non-hydrogen) atoms. The third-order valence-corrected chi connectivity index (χ3v) is 6.22. The number of nitrogens with zero attached hydrogens (tertiary/aromatic N) is 4. The van der Waals surface area contributed by atoms with Crippen LogP contribution in [0.3, 0.4) is 0 Å². The Hall–Kier alpha value is -1.97. The number of thiophene rings is 1. The van der Waals surface area contributed by atoms with Gasteiger partial charge in [0.2, 0.25) is 0 Å². The first kappa shape index (κ1) is 16.5. The number of nitriles is 1. The molecule has 3 aromatic heterocycles. The molecular formula is C19H22N4OS. The van der Waals surface area contributed by atoms with E-state index in [2.05, 4.69) is 21.0 Å². The van der Waals surface area contributed by atoms with Crippen molar-refractivity contribution in [2.45, 2.75) is 57.6 Å². The van der Waals surface area contributed by atoms with E-state index in [1.807, 2.05) is 12.3 Å². The molecule has 0 bridgehead atoms. The van der Waals surface area contributed by atoms with E-state index in [-0.39, 0.29) is 0 Å². The molecule has 3 aromatic rings. The number of hydrogen-bond acceptors (Lipinski definition) is 5. The van der Waals surface area contributed by atoms with Crippen LogP contribution in [0.4, 0.5) is 0 Å². The Morgan fingerprint density at radius 3 is 3.12 bits per heavy atom. The molecule has 0 aromatic carbocycles. The standard InChI is InChI=1S/C19H22N4OS/c1-12(24)19-22-16-11-21-15-7-9-25-18(15)17(16)23(19)14-6-2-4-13(10-14)5-3-8-20/h7,9,11-14,24H,2-6,10H2,1H3. The number of hydrogen-bond donors (Lipinski definition) is 1. The van der Waals surface area contributed by atoms with Crippen LogP contribution >= 0.6 is 11.3 Å². The quantitative estimate of drug-likeness (QED) is 0.734. The Labute approximate surface area is 150 Å². The third-order valence-electron chi connectivity index (χ3n) is 5.31. The van der Waals surface area contributed by atoms with Crippen LogP contribution in [-0.2, 0) is 0 Å². The summed E-state index contributed by atoms with van der Waals surface area (Å²) in [6, 6.07) is 4.65. The molecular weight excluding hydrogens is 332 g/mol. The van der Waals surface area contributed by atoms with Crippen LogP contribution in [0, 0.1) is 17.2 Å². The van der Waals surface area contributed by atoms with Crippen LogP contribution < -0.4 is 0 Å². The zero-order chi connectivity index (χ0) is 17.4. The minimum absolute atomic E-state index is 0.333. The third kappa shape index (κ3) is 2.92. The van der Waals surface area contributed by atoms with Crippen molar-refractivity contribution in [3.05, 3.63) is 23.5 Å². The second kappa shape index (κ2) is 6.74. The molecule has 3 atom stereocenters. The number of imidazole rings is 1. The Morgan fingerprint density at radius 2 is 2.32 bits per heavy atom. The number of rotatable bonds is 4. The highest BCUT2D eigenvalue weighted by atomic mass is 32.1. The molecule has 0 saturated heterocycles. The summed E-state index contributed by atoms with van der Waals surface area (Å²) < 4.78 is 3.43. The molecule has 3 unspecified atom stereocenters. The van der Waals surface area contributed by atoms with Crippen molar-refractivity contribution in [1.82, 2.24) is 14.5 Å². The van der Waals surface area contributed by atoms with Crippen LogP contribution in [0.1, 0.15) is 63.4 Å². The second-order valence-corrected chi connectivity index (χ2v) is 7.94. The van der Waals surface area contributed by atoms with Gasteiger partial charge in [0, 0.05) is 12.5 Å². The molecule has 1 aliphatic rings. The molecule has 1 aliphatic carbocycles. The van der Waals surface area contributed by atoms with Gasteiger partial charge >= 0.3 is 0 Å². The predicted molar refractivity (Wildman–Crippen MR) is 99.4 cm³/mol. The van der Waals surface area contributed by atoms with Crippen molar-refractivity contribution in [2.24, 2.45) is 5.92 Å². The summed E-state index contributed by atoms with van der Waals surface area (Å²) in [4.78, 5) is 9.21. The SMILES string of the molecule is CC(O)c1nc2cnc3ccsc3c2n1C1CCCC(CCC#N)C1. The lowest BCUT2D eigenvalue weighted by atomic mass is 9.83. The first-order chi connectivity index (χ1) is 12.2. The molecule has 5 nitrogen and oxygen atoms in total. The topological polar surface area (TPSA) is 74.7 Å². The van der Waals surface area contributed by atoms with Gasteiger partial charge in [0.1, 0.15) is 17.4 Å². The van der Waals surface area contributed by atoms with Gasteiger partial charge in [-0.2, -0.15) is 5.26 Å². The lowest BCUT2D eigenvalue weighted by Crippen LogP contribution is -2.21. The maximum absolute atomic E-state index is 10.3. The van der Waals surface area contributed by atoms with Crippen LogP contribution in [0.25, 0.3) is 21.3 Å². The summed E-state index contributed by atoms with van der Waals surface area (Å²) in [5.74, 6) is 1.32. The summed E-state index contributed by atoms with van der Waals surface area (Å²) in [5, 5.41) is 21.3. The van der Waals surface area contributed by atoms with Gasteiger partial charge < -0.3 is 9.67 Å². The van der Waals surface area contributed by atoms with Crippen molar-refractivity contribution in [1.29, 1.82) is 5.26 Å². The van der Waals surface area contributed by atoms with Crippen molar-refractivity contribution in [3.8, 4) is 6.07 Å². The van der Waals surface area contributed by atoms with Crippen molar-refractivity contribution >= 4 is 32.6 Å². The van der Waals surface area contributed by atoms with Gasteiger partial charge in [-0.3, -0.25) is 4.98 Å². The van der Waals surface area contributed by atoms with Gasteiger partial charge in [-0.15, -0.1) is 11.3 Å².